The average molecular weight is 411 g/mol. The minimum atomic E-state index is -0.219. The van der Waals surface area contributed by atoms with Crippen LogP contribution in [0.1, 0.15) is 5.56 Å². The van der Waals surface area contributed by atoms with Crippen molar-refractivity contribution < 1.29 is 14.3 Å². The van der Waals surface area contributed by atoms with E-state index < -0.39 is 0 Å². The summed E-state index contributed by atoms with van der Waals surface area (Å²) in [5.74, 6) is 0.462. The van der Waals surface area contributed by atoms with Crippen molar-refractivity contribution in [3.05, 3.63) is 60.2 Å². The monoisotopic (exact) mass is 410 g/mol. The lowest BCUT2D eigenvalue weighted by Gasteiger charge is -2.35. The number of likely N-dealkylation sites (N-methyl/N-ethyl adjacent to an activating group) is 1. The van der Waals surface area contributed by atoms with Crippen molar-refractivity contribution in [3.63, 3.8) is 0 Å². The Bertz CT molecular complexity index is 818. The fourth-order valence-electron chi connectivity index (χ4n) is 3.44. The minimum absolute atomic E-state index is 0.0266. The molecule has 1 fully saturated rings. The standard InChI is InChI=1S/C23H30N4O3/c1-25(17-22(28)24-20-8-10-21(30-2)11-9-20)23(29)18-27-14-12-26(13-15-27)16-19-6-4-3-5-7-19/h3-11H,12-18H2,1-2H3,(H,24,28). The van der Waals surface area contributed by atoms with Crippen LogP contribution in [0.15, 0.2) is 54.6 Å². The van der Waals surface area contributed by atoms with Crippen LogP contribution in [-0.4, -0.2) is 79.9 Å². The van der Waals surface area contributed by atoms with Crippen molar-refractivity contribution in [3.8, 4) is 5.75 Å². The third-order valence-electron chi connectivity index (χ3n) is 5.25. The lowest BCUT2D eigenvalue weighted by molar-refractivity contribution is -0.134. The summed E-state index contributed by atoms with van der Waals surface area (Å²) < 4.78 is 5.11. The van der Waals surface area contributed by atoms with E-state index in [0.717, 1.165) is 38.5 Å². The summed E-state index contributed by atoms with van der Waals surface area (Å²) in [5.41, 5.74) is 1.99. The predicted molar refractivity (Wildman–Crippen MR) is 117 cm³/mol. The van der Waals surface area contributed by atoms with Crippen LogP contribution >= 0.6 is 0 Å². The first kappa shape index (κ1) is 21.8. The van der Waals surface area contributed by atoms with Gasteiger partial charge in [0, 0.05) is 45.5 Å². The second kappa shape index (κ2) is 10.8. The number of carbonyl (C=O) groups is 2. The number of carbonyl (C=O) groups excluding carboxylic acids is 2. The van der Waals surface area contributed by atoms with Gasteiger partial charge in [0.05, 0.1) is 20.2 Å². The molecule has 1 aliphatic heterocycles. The summed E-state index contributed by atoms with van der Waals surface area (Å²) in [6.07, 6.45) is 0. The van der Waals surface area contributed by atoms with Crippen molar-refractivity contribution in [2.45, 2.75) is 6.54 Å². The van der Waals surface area contributed by atoms with Crippen molar-refractivity contribution in [2.24, 2.45) is 0 Å². The van der Waals surface area contributed by atoms with E-state index in [1.807, 2.05) is 6.07 Å². The Kier molecular flexibility index (Phi) is 7.82. The third kappa shape index (κ3) is 6.57. The molecule has 1 N–H and O–H groups in total. The second-order valence-electron chi connectivity index (χ2n) is 7.56. The number of nitrogens with zero attached hydrogens (tertiary/aromatic N) is 3. The van der Waals surface area contributed by atoms with Gasteiger partial charge < -0.3 is 15.0 Å². The number of nitrogens with one attached hydrogen (secondary N) is 1. The minimum Gasteiger partial charge on any atom is -0.497 e. The number of benzene rings is 2. The van der Waals surface area contributed by atoms with Crippen LogP contribution in [0.5, 0.6) is 5.75 Å². The Labute approximate surface area is 178 Å². The first-order valence-electron chi connectivity index (χ1n) is 10.2. The fourth-order valence-corrected chi connectivity index (χ4v) is 3.44. The number of methoxy groups -OCH3 is 1. The number of rotatable bonds is 8. The molecular weight excluding hydrogens is 380 g/mol. The second-order valence-corrected chi connectivity index (χ2v) is 7.56. The highest BCUT2D eigenvalue weighted by atomic mass is 16.5. The smallest absolute Gasteiger partial charge is 0.243 e. The topological polar surface area (TPSA) is 65.1 Å². The molecule has 0 spiro atoms. The zero-order valence-corrected chi connectivity index (χ0v) is 17.7. The Morgan fingerprint density at radius 1 is 0.967 bits per heavy atom. The summed E-state index contributed by atoms with van der Waals surface area (Å²) in [6.45, 7) is 4.88. The van der Waals surface area contributed by atoms with Crippen LogP contribution in [0.2, 0.25) is 0 Å². The Morgan fingerprint density at radius 3 is 2.23 bits per heavy atom. The molecule has 0 saturated carbocycles. The molecular formula is C23H30N4O3. The number of piperazine rings is 1. The van der Waals surface area contributed by atoms with E-state index in [9.17, 15) is 9.59 Å². The van der Waals surface area contributed by atoms with Gasteiger partial charge in [0.1, 0.15) is 5.75 Å². The molecule has 7 heteroatoms. The lowest BCUT2D eigenvalue weighted by Crippen LogP contribution is -2.49. The van der Waals surface area contributed by atoms with Crippen molar-refractivity contribution in [2.75, 3.05) is 58.7 Å². The van der Waals surface area contributed by atoms with Crippen LogP contribution in [0.25, 0.3) is 0 Å². The fraction of sp³-hybridized carbons (Fsp3) is 0.391. The predicted octanol–water partition coefficient (Wildman–Crippen LogP) is 1.91. The highest BCUT2D eigenvalue weighted by Crippen LogP contribution is 2.15. The molecule has 1 saturated heterocycles. The average Bonchev–Trinajstić information content (AvgIpc) is 2.76. The Hall–Kier alpha value is -2.90. The summed E-state index contributed by atoms with van der Waals surface area (Å²) in [6, 6.07) is 17.5. The molecule has 0 radical (unpaired) electrons. The summed E-state index contributed by atoms with van der Waals surface area (Å²) >= 11 is 0. The van der Waals surface area contributed by atoms with Crippen molar-refractivity contribution in [1.29, 1.82) is 0 Å². The van der Waals surface area contributed by atoms with Crippen LogP contribution in [0.3, 0.4) is 0 Å². The van der Waals surface area contributed by atoms with Crippen LogP contribution in [0, 0.1) is 0 Å². The largest absolute Gasteiger partial charge is 0.497 e. The number of hydrogen-bond acceptors (Lipinski definition) is 5. The van der Waals surface area contributed by atoms with Crippen LogP contribution in [-0.2, 0) is 16.1 Å². The number of hydrogen-bond donors (Lipinski definition) is 1. The molecule has 0 aromatic heterocycles. The molecule has 0 unspecified atom stereocenters. The maximum absolute atomic E-state index is 12.5. The SMILES string of the molecule is COc1ccc(NC(=O)CN(C)C(=O)CN2CCN(Cc3ccccc3)CC2)cc1. The quantitative estimate of drug-likeness (QED) is 0.720. The molecule has 0 aliphatic carbocycles. The molecule has 160 valence electrons. The van der Waals surface area contributed by atoms with Gasteiger partial charge in [-0.15, -0.1) is 0 Å². The van der Waals surface area contributed by atoms with E-state index in [1.165, 1.54) is 10.5 Å². The van der Waals surface area contributed by atoms with E-state index in [2.05, 4.69) is 39.4 Å². The lowest BCUT2D eigenvalue weighted by atomic mass is 10.2. The van der Waals surface area contributed by atoms with Gasteiger partial charge in [0.2, 0.25) is 11.8 Å². The molecule has 2 aromatic rings. The zero-order chi connectivity index (χ0) is 21.3. The van der Waals surface area contributed by atoms with Gasteiger partial charge in [-0.1, -0.05) is 30.3 Å². The van der Waals surface area contributed by atoms with E-state index in [-0.39, 0.29) is 18.4 Å². The number of amides is 2. The molecule has 2 amide bonds. The molecule has 3 rings (SSSR count). The highest BCUT2D eigenvalue weighted by molar-refractivity contribution is 5.94. The van der Waals surface area contributed by atoms with Crippen LogP contribution in [0.4, 0.5) is 5.69 Å². The van der Waals surface area contributed by atoms with E-state index in [4.69, 9.17) is 4.74 Å². The number of anilines is 1. The van der Waals surface area contributed by atoms with Gasteiger partial charge in [0.15, 0.2) is 0 Å². The van der Waals surface area contributed by atoms with E-state index in [1.54, 1.807) is 38.4 Å². The summed E-state index contributed by atoms with van der Waals surface area (Å²) in [5, 5.41) is 2.80. The molecule has 0 atom stereocenters. The van der Waals surface area contributed by atoms with Gasteiger partial charge in [-0.05, 0) is 29.8 Å². The molecule has 2 aromatic carbocycles. The van der Waals surface area contributed by atoms with Crippen molar-refractivity contribution in [1.82, 2.24) is 14.7 Å². The van der Waals surface area contributed by atoms with Gasteiger partial charge in [-0.25, -0.2) is 0 Å². The highest BCUT2D eigenvalue weighted by Gasteiger charge is 2.21. The summed E-state index contributed by atoms with van der Waals surface area (Å²) in [7, 11) is 3.26. The van der Waals surface area contributed by atoms with Gasteiger partial charge >= 0.3 is 0 Å². The number of ether oxygens (including phenoxy) is 1. The maximum Gasteiger partial charge on any atom is 0.243 e. The zero-order valence-electron chi connectivity index (χ0n) is 17.7. The first-order chi connectivity index (χ1) is 14.5. The third-order valence-corrected chi connectivity index (χ3v) is 5.25. The Balaban J connectivity index is 1.38. The maximum atomic E-state index is 12.5. The summed E-state index contributed by atoms with van der Waals surface area (Å²) in [4.78, 5) is 30.8. The molecule has 7 nitrogen and oxygen atoms in total. The van der Waals surface area contributed by atoms with Crippen LogP contribution < -0.4 is 10.1 Å². The molecule has 1 heterocycles. The molecule has 0 bridgehead atoms. The van der Waals surface area contributed by atoms with Gasteiger partial charge in [-0.3, -0.25) is 19.4 Å². The molecule has 1 aliphatic rings. The Morgan fingerprint density at radius 2 is 1.60 bits per heavy atom. The van der Waals surface area contributed by atoms with Gasteiger partial charge in [0.25, 0.3) is 0 Å². The molecule has 30 heavy (non-hydrogen) atoms. The van der Waals surface area contributed by atoms with Gasteiger partial charge in [-0.2, -0.15) is 0 Å². The van der Waals surface area contributed by atoms with Crippen molar-refractivity contribution >= 4 is 17.5 Å². The van der Waals surface area contributed by atoms with E-state index >= 15 is 0 Å². The van der Waals surface area contributed by atoms with E-state index in [0.29, 0.717) is 12.2 Å². The normalized spacial score (nSPS) is 14.9. The first-order valence-corrected chi connectivity index (χ1v) is 10.2.